The van der Waals surface area contributed by atoms with Crippen LogP contribution in [0.5, 0.6) is 0 Å². The molecule has 100 valence electrons. The van der Waals surface area contributed by atoms with Crippen LogP contribution in [0.2, 0.25) is 0 Å². The van der Waals surface area contributed by atoms with E-state index in [0.29, 0.717) is 18.1 Å². The average molecular weight is 246 g/mol. The Morgan fingerprint density at radius 1 is 1.00 bits per heavy atom. The normalized spacial score (nSPS) is 11.2. The maximum absolute atomic E-state index is 11.5. The number of Topliss-reactive ketones (excluding diaryl/α,β-unsaturated/α-hetero) is 1. The number of benzene rings is 1. The number of carbonyl (C=O) groups is 1. The van der Waals surface area contributed by atoms with Gasteiger partial charge in [-0.05, 0) is 36.3 Å². The van der Waals surface area contributed by atoms with Crippen LogP contribution in [0.1, 0.15) is 51.7 Å². The SMILES string of the molecule is CC(C)Cc1ccc(CCCC(=O)C(C)C)cc1. The summed E-state index contributed by atoms with van der Waals surface area (Å²) in [5, 5.41) is 0. The Kier molecular flexibility index (Phi) is 6.11. The van der Waals surface area contributed by atoms with E-state index in [1.807, 2.05) is 13.8 Å². The smallest absolute Gasteiger partial charge is 0.135 e. The van der Waals surface area contributed by atoms with Crippen LogP contribution in [0.25, 0.3) is 0 Å². The Morgan fingerprint density at radius 3 is 2.06 bits per heavy atom. The maximum atomic E-state index is 11.5. The lowest BCUT2D eigenvalue weighted by molar-refractivity contribution is -0.121. The van der Waals surface area contributed by atoms with Crippen molar-refractivity contribution in [2.24, 2.45) is 11.8 Å². The zero-order valence-electron chi connectivity index (χ0n) is 12.2. The summed E-state index contributed by atoms with van der Waals surface area (Å²) >= 11 is 0. The summed E-state index contributed by atoms with van der Waals surface area (Å²) < 4.78 is 0. The topological polar surface area (TPSA) is 17.1 Å². The van der Waals surface area contributed by atoms with Gasteiger partial charge in [0.1, 0.15) is 5.78 Å². The zero-order valence-corrected chi connectivity index (χ0v) is 12.2. The fraction of sp³-hybridized carbons (Fsp3) is 0.588. The van der Waals surface area contributed by atoms with Gasteiger partial charge >= 0.3 is 0 Å². The molecule has 0 aliphatic carbocycles. The summed E-state index contributed by atoms with van der Waals surface area (Å²) in [6.45, 7) is 8.43. The molecule has 0 saturated carbocycles. The number of hydrogen-bond donors (Lipinski definition) is 0. The number of ketones is 1. The average Bonchev–Trinajstić information content (AvgIpc) is 2.30. The van der Waals surface area contributed by atoms with E-state index < -0.39 is 0 Å². The van der Waals surface area contributed by atoms with Crippen LogP contribution in [-0.2, 0) is 17.6 Å². The summed E-state index contributed by atoms with van der Waals surface area (Å²) in [6.07, 6.45) is 3.85. The van der Waals surface area contributed by atoms with Crippen LogP contribution in [0.15, 0.2) is 24.3 Å². The molecule has 18 heavy (non-hydrogen) atoms. The predicted molar refractivity (Wildman–Crippen MR) is 77.8 cm³/mol. The van der Waals surface area contributed by atoms with Crippen molar-refractivity contribution in [1.82, 2.24) is 0 Å². The summed E-state index contributed by atoms with van der Waals surface area (Å²) in [7, 11) is 0. The first kappa shape index (κ1) is 14.9. The van der Waals surface area contributed by atoms with Crippen molar-refractivity contribution in [3.8, 4) is 0 Å². The highest BCUT2D eigenvalue weighted by atomic mass is 16.1. The maximum Gasteiger partial charge on any atom is 0.135 e. The van der Waals surface area contributed by atoms with E-state index in [4.69, 9.17) is 0 Å². The van der Waals surface area contributed by atoms with Crippen LogP contribution in [-0.4, -0.2) is 5.78 Å². The van der Waals surface area contributed by atoms with Gasteiger partial charge in [-0.1, -0.05) is 52.0 Å². The van der Waals surface area contributed by atoms with Gasteiger partial charge in [-0.3, -0.25) is 4.79 Å². The minimum absolute atomic E-state index is 0.179. The lowest BCUT2D eigenvalue weighted by Gasteiger charge is -2.07. The first-order valence-electron chi connectivity index (χ1n) is 7.09. The van der Waals surface area contributed by atoms with E-state index in [0.717, 1.165) is 19.3 Å². The highest BCUT2D eigenvalue weighted by Gasteiger charge is 2.06. The van der Waals surface area contributed by atoms with Gasteiger partial charge < -0.3 is 0 Å². The molecule has 0 saturated heterocycles. The number of aryl methyl sites for hydroxylation is 1. The minimum Gasteiger partial charge on any atom is -0.299 e. The third kappa shape index (κ3) is 5.48. The molecule has 0 aliphatic heterocycles. The third-order valence-corrected chi connectivity index (χ3v) is 3.20. The first-order valence-corrected chi connectivity index (χ1v) is 7.09. The van der Waals surface area contributed by atoms with Crippen LogP contribution >= 0.6 is 0 Å². The van der Waals surface area contributed by atoms with E-state index in [-0.39, 0.29) is 5.92 Å². The molecule has 0 aromatic heterocycles. The van der Waals surface area contributed by atoms with Crippen molar-refractivity contribution in [3.05, 3.63) is 35.4 Å². The van der Waals surface area contributed by atoms with Crippen molar-refractivity contribution in [1.29, 1.82) is 0 Å². The Hall–Kier alpha value is -1.11. The zero-order chi connectivity index (χ0) is 13.5. The van der Waals surface area contributed by atoms with Crippen molar-refractivity contribution in [2.45, 2.75) is 53.4 Å². The molecular formula is C17H26O. The second kappa shape index (κ2) is 7.35. The summed E-state index contributed by atoms with van der Waals surface area (Å²) in [6, 6.07) is 8.86. The molecule has 1 aromatic rings. The lowest BCUT2D eigenvalue weighted by atomic mass is 9.98. The summed E-state index contributed by atoms with van der Waals surface area (Å²) in [4.78, 5) is 11.5. The van der Waals surface area contributed by atoms with Gasteiger partial charge in [0, 0.05) is 12.3 Å². The van der Waals surface area contributed by atoms with Crippen molar-refractivity contribution in [2.75, 3.05) is 0 Å². The first-order chi connectivity index (χ1) is 8.49. The van der Waals surface area contributed by atoms with Crippen molar-refractivity contribution >= 4 is 5.78 Å². The van der Waals surface area contributed by atoms with Crippen LogP contribution in [0.3, 0.4) is 0 Å². The van der Waals surface area contributed by atoms with Crippen LogP contribution in [0, 0.1) is 11.8 Å². The molecule has 0 atom stereocenters. The molecule has 1 nitrogen and oxygen atoms in total. The number of carbonyl (C=O) groups excluding carboxylic acids is 1. The molecule has 0 amide bonds. The number of hydrogen-bond acceptors (Lipinski definition) is 1. The molecule has 1 heteroatoms. The quantitative estimate of drug-likeness (QED) is 0.695. The van der Waals surface area contributed by atoms with E-state index in [1.54, 1.807) is 0 Å². The fourth-order valence-corrected chi connectivity index (χ4v) is 2.07. The highest BCUT2D eigenvalue weighted by molar-refractivity contribution is 5.80. The fourth-order valence-electron chi connectivity index (χ4n) is 2.07. The minimum atomic E-state index is 0.179. The molecule has 0 spiro atoms. The van der Waals surface area contributed by atoms with Crippen LogP contribution in [0.4, 0.5) is 0 Å². The van der Waals surface area contributed by atoms with E-state index >= 15 is 0 Å². The predicted octanol–water partition coefficient (Wildman–Crippen LogP) is 4.43. The molecule has 0 N–H and O–H groups in total. The van der Waals surface area contributed by atoms with E-state index in [2.05, 4.69) is 38.1 Å². The molecule has 0 radical (unpaired) electrons. The lowest BCUT2D eigenvalue weighted by Crippen LogP contribution is -2.06. The molecule has 0 aliphatic rings. The number of rotatable bonds is 7. The van der Waals surface area contributed by atoms with Gasteiger partial charge in [0.25, 0.3) is 0 Å². The third-order valence-electron chi connectivity index (χ3n) is 3.20. The summed E-state index contributed by atoms with van der Waals surface area (Å²) in [5.74, 6) is 1.27. The molecule has 0 fully saturated rings. The van der Waals surface area contributed by atoms with Crippen LogP contribution < -0.4 is 0 Å². The van der Waals surface area contributed by atoms with E-state index in [9.17, 15) is 4.79 Å². The molecule has 0 bridgehead atoms. The molecule has 0 unspecified atom stereocenters. The van der Waals surface area contributed by atoms with E-state index in [1.165, 1.54) is 11.1 Å². The second-order valence-corrected chi connectivity index (χ2v) is 5.89. The molecule has 1 aromatic carbocycles. The van der Waals surface area contributed by atoms with Crippen molar-refractivity contribution in [3.63, 3.8) is 0 Å². The van der Waals surface area contributed by atoms with Gasteiger partial charge in [-0.2, -0.15) is 0 Å². The largest absolute Gasteiger partial charge is 0.299 e. The molecule has 0 heterocycles. The Labute approximate surface area is 112 Å². The van der Waals surface area contributed by atoms with Gasteiger partial charge in [0.15, 0.2) is 0 Å². The standard InChI is InChI=1S/C17H26O/c1-13(2)12-16-10-8-15(9-11-16)6-5-7-17(18)14(3)4/h8-11,13-14H,5-7,12H2,1-4H3. The highest BCUT2D eigenvalue weighted by Crippen LogP contribution is 2.12. The Bertz CT molecular complexity index is 360. The van der Waals surface area contributed by atoms with Gasteiger partial charge in [0.2, 0.25) is 0 Å². The van der Waals surface area contributed by atoms with Crippen molar-refractivity contribution < 1.29 is 4.79 Å². The Balaban J connectivity index is 2.37. The molecular weight excluding hydrogens is 220 g/mol. The summed E-state index contributed by atoms with van der Waals surface area (Å²) in [5.41, 5.74) is 2.76. The second-order valence-electron chi connectivity index (χ2n) is 5.89. The van der Waals surface area contributed by atoms with Gasteiger partial charge in [-0.25, -0.2) is 0 Å². The monoisotopic (exact) mass is 246 g/mol. The molecule has 1 rings (SSSR count). The van der Waals surface area contributed by atoms with Gasteiger partial charge in [0.05, 0.1) is 0 Å². The Morgan fingerprint density at radius 2 is 1.56 bits per heavy atom. The van der Waals surface area contributed by atoms with Gasteiger partial charge in [-0.15, -0.1) is 0 Å².